The van der Waals surface area contributed by atoms with Crippen LogP contribution in [0.5, 0.6) is 0 Å². The maximum atomic E-state index is 11.6. The highest BCUT2D eigenvalue weighted by atomic mass is 35.5. The Hall–Kier alpha value is -0.470. The lowest BCUT2D eigenvalue weighted by molar-refractivity contribution is 0.0985. The van der Waals surface area contributed by atoms with E-state index in [-0.39, 0.29) is 5.78 Å². The van der Waals surface area contributed by atoms with E-state index in [1.165, 1.54) is 0 Å². The number of carbonyl (C=O) groups is 1. The molecule has 0 aliphatic heterocycles. The quantitative estimate of drug-likeness (QED) is 0.444. The molecule has 14 heavy (non-hydrogen) atoms. The van der Waals surface area contributed by atoms with Crippen LogP contribution in [0.25, 0.3) is 0 Å². The van der Waals surface area contributed by atoms with Gasteiger partial charge in [-0.1, -0.05) is 25.1 Å². The molecule has 0 fully saturated rings. The molecular weight excluding hydrogens is 216 g/mol. The molecule has 76 valence electrons. The highest BCUT2D eigenvalue weighted by molar-refractivity contribution is 7.98. The molecule has 0 amide bonds. The molecule has 1 aromatic carbocycles. The standard InChI is InChI=1S/C11H13ClOS/c1-3-10(13)9-6-4-5-8(7-12)11(9)14-2/h4-6H,3,7H2,1-2H3. The SMILES string of the molecule is CCC(=O)c1cccc(CCl)c1SC. The topological polar surface area (TPSA) is 17.1 Å². The summed E-state index contributed by atoms with van der Waals surface area (Å²) in [4.78, 5) is 12.6. The smallest absolute Gasteiger partial charge is 0.163 e. The van der Waals surface area contributed by atoms with Crippen molar-refractivity contribution in [2.24, 2.45) is 0 Å². The highest BCUT2D eigenvalue weighted by Gasteiger charge is 2.11. The Bertz CT molecular complexity index is 336. The molecule has 0 aliphatic rings. The van der Waals surface area contributed by atoms with Crippen LogP contribution >= 0.6 is 23.4 Å². The Labute approximate surface area is 93.8 Å². The van der Waals surface area contributed by atoms with E-state index in [0.29, 0.717) is 12.3 Å². The molecule has 0 spiro atoms. The second-order valence-electron chi connectivity index (χ2n) is 2.91. The van der Waals surface area contributed by atoms with Gasteiger partial charge >= 0.3 is 0 Å². The lowest BCUT2D eigenvalue weighted by atomic mass is 10.1. The number of ketones is 1. The third kappa shape index (κ3) is 2.31. The van der Waals surface area contributed by atoms with Crippen molar-refractivity contribution in [3.63, 3.8) is 0 Å². The van der Waals surface area contributed by atoms with Crippen molar-refractivity contribution in [3.05, 3.63) is 29.3 Å². The van der Waals surface area contributed by atoms with Gasteiger partial charge < -0.3 is 0 Å². The Morgan fingerprint density at radius 3 is 2.71 bits per heavy atom. The fourth-order valence-corrected chi connectivity index (χ4v) is 2.45. The van der Waals surface area contributed by atoms with Crippen molar-refractivity contribution in [1.82, 2.24) is 0 Å². The van der Waals surface area contributed by atoms with E-state index in [1.54, 1.807) is 11.8 Å². The Morgan fingerprint density at radius 2 is 2.21 bits per heavy atom. The lowest BCUT2D eigenvalue weighted by Gasteiger charge is -2.09. The van der Waals surface area contributed by atoms with E-state index in [1.807, 2.05) is 31.4 Å². The number of benzene rings is 1. The molecule has 0 bridgehead atoms. The average molecular weight is 229 g/mol. The maximum absolute atomic E-state index is 11.6. The Balaban J connectivity index is 3.21. The molecule has 3 heteroatoms. The maximum Gasteiger partial charge on any atom is 0.163 e. The normalized spacial score (nSPS) is 10.2. The minimum atomic E-state index is 0.182. The van der Waals surface area contributed by atoms with Crippen LogP contribution in [0, 0.1) is 0 Å². The zero-order chi connectivity index (χ0) is 10.6. The van der Waals surface area contributed by atoms with Gasteiger partial charge in [-0.2, -0.15) is 0 Å². The third-order valence-corrected chi connectivity index (χ3v) is 3.24. The van der Waals surface area contributed by atoms with Crippen LogP contribution in [0.3, 0.4) is 0 Å². The van der Waals surface area contributed by atoms with Gasteiger partial charge in [-0.25, -0.2) is 0 Å². The summed E-state index contributed by atoms with van der Waals surface area (Å²) in [5, 5.41) is 0. The number of carbonyl (C=O) groups excluding carboxylic acids is 1. The summed E-state index contributed by atoms with van der Waals surface area (Å²) in [5.74, 6) is 0.641. The fraction of sp³-hybridized carbons (Fsp3) is 0.364. The second kappa shape index (κ2) is 5.42. The van der Waals surface area contributed by atoms with Gasteiger partial charge in [0, 0.05) is 22.8 Å². The van der Waals surface area contributed by atoms with Crippen molar-refractivity contribution >= 4 is 29.1 Å². The van der Waals surface area contributed by atoms with E-state index in [4.69, 9.17) is 11.6 Å². The van der Waals surface area contributed by atoms with Gasteiger partial charge in [0.25, 0.3) is 0 Å². The van der Waals surface area contributed by atoms with Crippen LogP contribution in [-0.4, -0.2) is 12.0 Å². The van der Waals surface area contributed by atoms with Crippen molar-refractivity contribution in [2.45, 2.75) is 24.1 Å². The van der Waals surface area contributed by atoms with Crippen molar-refractivity contribution < 1.29 is 4.79 Å². The number of Topliss-reactive ketones (excluding diaryl/α,β-unsaturated/α-hetero) is 1. The average Bonchev–Trinajstić information content (AvgIpc) is 2.26. The predicted molar refractivity (Wildman–Crippen MR) is 62.4 cm³/mol. The molecule has 1 aromatic rings. The first-order valence-corrected chi connectivity index (χ1v) is 6.25. The van der Waals surface area contributed by atoms with Crippen LogP contribution in [0.15, 0.2) is 23.1 Å². The van der Waals surface area contributed by atoms with Gasteiger partial charge in [0.1, 0.15) is 0 Å². The molecule has 0 N–H and O–H groups in total. The monoisotopic (exact) mass is 228 g/mol. The van der Waals surface area contributed by atoms with Crippen molar-refractivity contribution in [1.29, 1.82) is 0 Å². The number of hydrogen-bond acceptors (Lipinski definition) is 2. The number of hydrogen-bond donors (Lipinski definition) is 0. The molecule has 1 rings (SSSR count). The van der Waals surface area contributed by atoms with Crippen LogP contribution in [0.1, 0.15) is 29.3 Å². The molecule has 0 aromatic heterocycles. The summed E-state index contributed by atoms with van der Waals surface area (Å²) >= 11 is 7.39. The largest absolute Gasteiger partial charge is 0.294 e. The minimum Gasteiger partial charge on any atom is -0.294 e. The zero-order valence-corrected chi connectivity index (χ0v) is 9.91. The van der Waals surface area contributed by atoms with Crippen LogP contribution in [0.2, 0.25) is 0 Å². The van der Waals surface area contributed by atoms with Crippen molar-refractivity contribution in [2.75, 3.05) is 6.26 Å². The third-order valence-electron chi connectivity index (χ3n) is 2.07. The van der Waals surface area contributed by atoms with Gasteiger partial charge in [0.2, 0.25) is 0 Å². The number of alkyl halides is 1. The van der Waals surface area contributed by atoms with Gasteiger partial charge in [-0.3, -0.25) is 4.79 Å². The molecule has 0 heterocycles. The molecule has 0 radical (unpaired) electrons. The van der Waals surface area contributed by atoms with Crippen LogP contribution < -0.4 is 0 Å². The summed E-state index contributed by atoms with van der Waals surface area (Å²) < 4.78 is 0. The van der Waals surface area contributed by atoms with Gasteiger partial charge in [0.15, 0.2) is 5.78 Å². The molecule has 0 saturated heterocycles. The minimum absolute atomic E-state index is 0.182. The lowest BCUT2D eigenvalue weighted by Crippen LogP contribution is -2.00. The first-order chi connectivity index (χ1) is 6.74. The van der Waals surface area contributed by atoms with Crippen molar-refractivity contribution in [3.8, 4) is 0 Å². The Kier molecular flexibility index (Phi) is 4.49. The first-order valence-electron chi connectivity index (χ1n) is 4.49. The van der Waals surface area contributed by atoms with Gasteiger partial charge in [-0.15, -0.1) is 23.4 Å². The van der Waals surface area contributed by atoms with E-state index in [0.717, 1.165) is 16.0 Å². The second-order valence-corrected chi connectivity index (χ2v) is 3.99. The van der Waals surface area contributed by atoms with E-state index >= 15 is 0 Å². The molecular formula is C11H13ClOS. The van der Waals surface area contributed by atoms with E-state index in [9.17, 15) is 4.79 Å². The fourth-order valence-electron chi connectivity index (χ4n) is 1.34. The summed E-state index contributed by atoms with van der Waals surface area (Å²) in [5.41, 5.74) is 1.84. The summed E-state index contributed by atoms with van der Waals surface area (Å²) in [7, 11) is 0. The highest BCUT2D eigenvalue weighted by Crippen LogP contribution is 2.27. The molecule has 0 unspecified atom stereocenters. The van der Waals surface area contributed by atoms with Crippen LogP contribution in [-0.2, 0) is 5.88 Å². The summed E-state index contributed by atoms with van der Waals surface area (Å²) in [6, 6.07) is 5.72. The van der Waals surface area contributed by atoms with E-state index in [2.05, 4.69) is 0 Å². The van der Waals surface area contributed by atoms with Gasteiger partial charge in [0.05, 0.1) is 0 Å². The van der Waals surface area contributed by atoms with Gasteiger partial charge in [-0.05, 0) is 11.8 Å². The number of thioether (sulfide) groups is 1. The molecule has 0 saturated carbocycles. The molecule has 0 atom stereocenters. The number of rotatable bonds is 4. The van der Waals surface area contributed by atoms with Crippen LogP contribution in [0.4, 0.5) is 0 Å². The predicted octanol–water partition coefficient (Wildman–Crippen LogP) is 3.74. The first kappa shape index (κ1) is 11.6. The Morgan fingerprint density at radius 1 is 1.50 bits per heavy atom. The number of halogens is 1. The molecule has 1 nitrogen and oxygen atoms in total. The summed E-state index contributed by atoms with van der Waals surface area (Å²) in [6.45, 7) is 1.87. The molecule has 0 aliphatic carbocycles. The van der Waals surface area contributed by atoms with E-state index < -0.39 is 0 Å². The zero-order valence-electron chi connectivity index (χ0n) is 8.34. The summed E-state index contributed by atoms with van der Waals surface area (Å²) in [6.07, 6.45) is 2.51.